The molecule has 0 saturated heterocycles. The van der Waals surface area contributed by atoms with Gasteiger partial charge < -0.3 is 10.2 Å². The SMILES string of the molecule is CCN(CC)CCNCc1nsnc1-n1ccnc1. The van der Waals surface area contributed by atoms with E-state index in [-0.39, 0.29) is 0 Å². The minimum absolute atomic E-state index is 0.741. The van der Waals surface area contributed by atoms with Crippen molar-refractivity contribution in [3.63, 3.8) is 0 Å². The summed E-state index contributed by atoms with van der Waals surface area (Å²) in [7, 11) is 0. The van der Waals surface area contributed by atoms with Gasteiger partial charge in [0.1, 0.15) is 12.0 Å². The normalized spacial score (nSPS) is 11.3. The number of nitrogens with one attached hydrogen (secondary N) is 1. The maximum absolute atomic E-state index is 4.33. The molecule has 0 radical (unpaired) electrons. The van der Waals surface area contributed by atoms with Gasteiger partial charge in [0.05, 0.1) is 11.7 Å². The van der Waals surface area contributed by atoms with Crippen molar-refractivity contribution in [3.05, 3.63) is 24.4 Å². The molecule has 0 fully saturated rings. The van der Waals surface area contributed by atoms with Gasteiger partial charge in [0, 0.05) is 32.0 Å². The molecule has 1 N–H and O–H groups in total. The fraction of sp³-hybridized carbons (Fsp3) is 0.583. The summed E-state index contributed by atoms with van der Waals surface area (Å²) in [6.07, 6.45) is 5.38. The summed E-state index contributed by atoms with van der Waals surface area (Å²) < 4.78 is 10.5. The lowest BCUT2D eigenvalue weighted by molar-refractivity contribution is 0.302. The summed E-state index contributed by atoms with van der Waals surface area (Å²) >= 11 is 1.24. The average Bonchev–Trinajstić information content (AvgIpc) is 3.09. The van der Waals surface area contributed by atoms with Crippen molar-refractivity contribution in [1.29, 1.82) is 0 Å². The van der Waals surface area contributed by atoms with Crippen LogP contribution in [-0.4, -0.2) is 49.4 Å². The molecule has 104 valence electrons. The van der Waals surface area contributed by atoms with Crippen LogP contribution in [0.2, 0.25) is 0 Å². The number of hydrogen-bond acceptors (Lipinski definition) is 6. The molecule has 0 unspecified atom stereocenters. The summed E-state index contributed by atoms with van der Waals surface area (Å²) in [5.41, 5.74) is 0.975. The third-order valence-electron chi connectivity index (χ3n) is 3.08. The molecule has 0 aliphatic rings. The molecule has 0 saturated carbocycles. The third kappa shape index (κ3) is 3.82. The molecule has 2 aromatic rings. The first-order valence-electron chi connectivity index (χ1n) is 6.58. The van der Waals surface area contributed by atoms with Crippen molar-refractivity contribution >= 4 is 11.7 Å². The Morgan fingerprint density at radius 1 is 1.32 bits per heavy atom. The number of likely N-dealkylation sites (N-methyl/N-ethyl adjacent to an activating group) is 1. The quantitative estimate of drug-likeness (QED) is 0.735. The Labute approximate surface area is 117 Å². The van der Waals surface area contributed by atoms with E-state index in [1.54, 1.807) is 12.5 Å². The Bertz CT molecular complexity index is 462. The van der Waals surface area contributed by atoms with Gasteiger partial charge in [-0.05, 0) is 13.1 Å². The van der Waals surface area contributed by atoms with Gasteiger partial charge in [0.15, 0.2) is 5.82 Å². The lowest BCUT2D eigenvalue weighted by atomic mass is 10.4. The van der Waals surface area contributed by atoms with Crippen molar-refractivity contribution < 1.29 is 0 Å². The van der Waals surface area contributed by atoms with E-state index in [2.05, 4.69) is 37.8 Å². The number of aromatic nitrogens is 4. The fourth-order valence-corrected chi connectivity index (χ4v) is 2.44. The molecule has 19 heavy (non-hydrogen) atoms. The van der Waals surface area contributed by atoms with Gasteiger partial charge in [-0.15, -0.1) is 0 Å². The van der Waals surface area contributed by atoms with Crippen LogP contribution >= 0.6 is 11.7 Å². The van der Waals surface area contributed by atoms with Crippen molar-refractivity contribution in [2.75, 3.05) is 26.2 Å². The predicted octanol–water partition coefficient (Wildman–Crippen LogP) is 1.16. The van der Waals surface area contributed by atoms with E-state index in [1.807, 2.05) is 10.8 Å². The van der Waals surface area contributed by atoms with Crippen molar-refractivity contribution in [1.82, 2.24) is 28.5 Å². The first-order chi connectivity index (χ1) is 9.35. The van der Waals surface area contributed by atoms with E-state index < -0.39 is 0 Å². The van der Waals surface area contributed by atoms with Gasteiger partial charge >= 0.3 is 0 Å². The molecule has 2 aromatic heterocycles. The van der Waals surface area contributed by atoms with E-state index in [0.29, 0.717) is 0 Å². The molecule has 2 rings (SSSR count). The van der Waals surface area contributed by atoms with Crippen molar-refractivity contribution in [2.45, 2.75) is 20.4 Å². The molecule has 0 aliphatic heterocycles. The molecule has 7 heteroatoms. The van der Waals surface area contributed by atoms with Gasteiger partial charge in [-0.2, -0.15) is 8.75 Å². The van der Waals surface area contributed by atoms with Gasteiger partial charge in [-0.25, -0.2) is 4.98 Å². The molecule has 0 aliphatic carbocycles. The van der Waals surface area contributed by atoms with Crippen LogP contribution in [0.3, 0.4) is 0 Å². The summed E-state index contributed by atoms with van der Waals surface area (Å²) in [6, 6.07) is 0. The zero-order chi connectivity index (χ0) is 13.5. The monoisotopic (exact) mass is 280 g/mol. The lowest BCUT2D eigenvalue weighted by Gasteiger charge is -2.17. The lowest BCUT2D eigenvalue weighted by Crippen LogP contribution is -2.31. The van der Waals surface area contributed by atoms with Crippen LogP contribution in [0, 0.1) is 0 Å². The van der Waals surface area contributed by atoms with Crippen LogP contribution < -0.4 is 5.32 Å². The zero-order valence-corrected chi connectivity index (χ0v) is 12.2. The highest BCUT2D eigenvalue weighted by atomic mass is 32.1. The van der Waals surface area contributed by atoms with E-state index in [9.17, 15) is 0 Å². The maximum atomic E-state index is 4.33. The number of rotatable bonds is 8. The van der Waals surface area contributed by atoms with Crippen molar-refractivity contribution in [3.8, 4) is 5.82 Å². The molecule has 0 amide bonds. The average molecular weight is 280 g/mol. The Morgan fingerprint density at radius 2 is 2.16 bits per heavy atom. The Hall–Kier alpha value is -1.31. The van der Waals surface area contributed by atoms with Crippen molar-refractivity contribution in [2.24, 2.45) is 0 Å². The van der Waals surface area contributed by atoms with E-state index in [1.165, 1.54) is 11.7 Å². The molecule has 0 aromatic carbocycles. The van der Waals surface area contributed by atoms with E-state index in [4.69, 9.17) is 0 Å². The highest BCUT2D eigenvalue weighted by Crippen LogP contribution is 2.10. The standard InChI is InChI=1S/C12H20N6S/c1-3-17(4-2)7-5-13-9-11-12(16-19-15-11)18-8-6-14-10-18/h6,8,10,13H,3-5,7,9H2,1-2H3. The Morgan fingerprint density at radius 3 is 2.84 bits per heavy atom. The second kappa shape index (κ2) is 7.32. The van der Waals surface area contributed by atoms with Crippen LogP contribution in [0.5, 0.6) is 0 Å². The molecule has 0 atom stereocenters. The van der Waals surface area contributed by atoms with Crippen LogP contribution in [-0.2, 0) is 6.54 Å². The molecule has 2 heterocycles. The topological polar surface area (TPSA) is 58.9 Å². The largest absolute Gasteiger partial charge is 0.310 e. The summed E-state index contributed by atoms with van der Waals surface area (Å²) in [4.78, 5) is 6.43. The van der Waals surface area contributed by atoms with Gasteiger partial charge in [0.2, 0.25) is 0 Å². The van der Waals surface area contributed by atoms with E-state index >= 15 is 0 Å². The highest BCUT2D eigenvalue weighted by molar-refractivity contribution is 6.99. The molecular weight excluding hydrogens is 260 g/mol. The zero-order valence-electron chi connectivity index (χ0n) is 11.4. The molecular formula is C12H20N6S. The van der Waals surface area contributed by atoms with Gasteiger partial charge in [0.25, 0.3) is 0 Å². The highest BCUT2D eigenvalue weighted by Gasteiger charge is 2.09. The Balaban J connectivity index is 1.82. The summed E-state index contributed by atoms with van der Waals surface area (Å²) in [6.45, 7) is 9.32. The smallest absolute Gasteiger partial charge is 0.176 e. The van der Waals surface area contributed by atoms with Crippen LogP contribution in [0.25, 0.3) is 5.82 Å². The molecule has 0 spiro atoms. The summed E-state index contributed by atoms with van der Waals surface area (Å²) in [5.74, 6) is 0.873. The number of nitrogens with zero attached hydrogens (tertiary/aromatic N) is 5. The number of imidazole rings is 1. The second-order valence-corrected chi connectivity index (χ2v) is 4.74. The first kappa shape index (κ1) is 14.1. The van der Waals surface area contributed by atoms with E-state index in [0.717, 1.165) is 44.2 Å². The molecule has 6 nitrogen and oxygen atoms in total. The van der Waals surface area contributed by atoms with Gasteiger partial charge in [-0.1, -0.05) is 13.8 Å². The third-order valence-corrected chi connectivity index (χ3v) is 3.63. The fourth-order valence-electron chi connectivity index (χ4n) is 1.88. The second-order valence-electron chi connectivity index (χ2n) is 4.21. The maximum Gasteiger partial charge on any atom is 0.176 e. The van der Waals surface area contributed by atoms with Crippen LogP contribution in [0.15, 0.2) is 18.7 Å². The minimum Gasteiger partial charge on any atom is -0.310 e. The van der Waals surface area contributed by atoms with Crippen LogP contribution in [0.1, 0.15) is 19.5 Å². The first-order valence-corrected chi connectivity index (χ1v) is 7.31. The minimum atomic E-state index is 0.741. The molecule has 0 bridgehead atoms. The van der Waals surface area contributed by atoms with Gasteiger partial charge in [-0.3, -0.25) is 4.57 Å². The Kier molecular flexibility index (Phi) is 5.44. The number of hydrogen-bond donors (Lipinski definition) is 1. The summed E-state index contributed by atoms with van der Waals surface area (Å²) in [5, 5.41) is 3.42. The van der Waals surface area contributed by atoms with Crippen LogP contribution in [0.4, 0.5) is 0 Å². The predicted molar refractivity (Wildman–Crippen MR) is 76.5 cm³/mol.